The van der Waals surface area contributed by atoms with E-state index in [0.29, 0.717) is 23.7 Å². The molecule has 0 radical (unpaired) electrons. The molecule has 2 heterocycles. The smallest absolute Gasteiger partial charge is 0.420 e. The van der Waals surface area contributed by atoms with Crippen LogP contribution in [0.4, 0.5) is 16.2 Å². The average Bonchev–Trinajstić information content (AvgIpc) is 3.13. The van der Waals surface area contributed by atoms with Gasteiger partial charge in [0.25, 0.3) is 10.0 Å². The van der Waals surface area contributed by atoms with Crippen molar-refractivity contribution in [1.82, 2.24) is 4.72 Å². The molecule has 1 saturated heterocycles. The molecule has 2 aliphatic heterocycles. The number of aryl methyl sites for hydroxylation is 1. The van der Waals surface area contributed by atoms with Crippen molar-refractivity contribution in [2.24, 2.45) is 0 Å². The lowest BCUT2D eigenvalue weighted by Crippen LogP contribution is -2.44. The first-order valence-electron chi connectivity index (χ1n) is 9.87. The van der Waals surface area contributed by atoms with Crippen LogP contribution in [0.3, 0.4) is 0 Å². The number of benzene rings is 2. The van der Waals surface area contributed by atoms with E-state index in [1.54, 1.807) is 21.8 Å². The summed E-state index contributed by atoms with van der Waals surface area (Å²) in [7, 11) is -2.96. The third-order valence-corrected chi connectivity index (χ3v) is 7.17. The summed E-state index contributed by atoms with van der Waals surface area (Å²) in [4.78, 5) is 28.2. The summed E-state index contributed by atoms with van der Waals surface area (Å²) < 4.78 is 30.5. The van der Waals surface area contributed by atoms with E-state index < -0.39 is 16.1 Å². The quantitative estimate of drug-likeness (QED) is 0.748. The largest absolute Gasteiger partial charge is 0.452 e. The maximum Gasteiger partial charge on any atom is 0.420 e. The number of fused-ring (bicyclic) bond motifs is 1. The number of methoxy groups -OCH3 is 1. The fourth-order valence-corrected chi connectivity index (χ4v) is 5.25. The Morgan fingerprint density at radius 2 is 1.90 bits per heavy atom. The second-order valence-corrected chi connectivity index (χ2v) is 9.57. The molecule has 0 bridgehead atoms. The first-order chi connectivity index (χ1) is 14.8. The van der Waals surface area contributed by atoms with Crippen LogP contribution in [0.25, 0.3) is 0 Å². The SMILES string of the molecule is COC(=O)NS(=O)(=O)c1ccc(N2CC[C@@H](N3CCCc4cc(Cl)ccc43)C2=O)cc1. The summed E-state index contributed by atoms with van der Waals surface area (Å²) in [5.74, 6) is -0.0221. The van der Waals surface area contributed by atoms with Crippen LogP contribution in [0.5, 0.6) is 0 Å². The molecule has 0 unspecified atom stereocenters. The summed E-state index contributed by atoms with van der Waals surface area (Å²) in [6.45, 7) is 1.34. The fraction of sp³-hybridized carbons (Fsp3) is 0.333. The molecule has 164 valence electrons. The molecule has 2 amide bonds. The van der Waals surface area contributed by atoms with Crippen LogP contribution in [-0.4, -0.2) is 46.7 Å². The van der Waals surface area contributed by atoms with Crippen molar-refractivity contribution >= 4 is 45.0 Å². The van der Waals surface area contributed by atoms with Crippen LogP contribution in [0.2, 0.25) is 5.02 Å². The summed E-state index contributed by atoms with van der Waals surface area (Å²) >= 11 is 6.13. The number of amides is 2. The van der Waals surface area contributed by atoms with E-state index >= 15 is 0 Å². The Hall–Kier alpha value is -2.78. The van der Waals surface area contributed by atoms with Gasteiger partial charge in [-0.1, -0.05) is 11.6 Å². The monoisotopic (exact) mass is 463 g/mol. The van der Waals surface area contributed by atoms with Gasteiger partial charge in [0.15, 0.2) is 0 Å². The summed E-state index contributed by atoms with van der Waals surface area (Å²) in [6, 6.07) is 11.4. The Balaban J connectivity index is 1.52. The molecule has 0 aromatic heterocycles. The second-order valence-electron chi connectivity index (χ2n) is 7.46. The first kappa shape index (κ1) is 21.5. The van der Waals surface area contributed by atoms with E-state index in [9.17, 15) is 18.0 Å². The van der Waals surface area contributed by atoms with Crippen LogP contribution in [-0.2, 0) is 26.0 Å². The minimum atomic E-state index is -4.04. The normalized spacial score (nSPS) is 18.6. The topological polar surface area (TPSA) is 96.0 Å². The zero-order valence-electron chi connectivity index (χ0n) is 16.9. The van der Waals surface area contributed by atoms with Gasteiger partial charge in [0, 0.05) is 29.5 Å². The Bertz CT molecular complexity index is 1120. The third-order valence-electron chi connectivity index (χ3n) is 5.61. The molecule has 1 fully saturated rings. The predicted octanol–water partition coefficient (Wildman–Crippen LogP) is 2.94. The minimum Gasteiger partial charge on any atom is -0.452 e. The average molecular weight is 464 g/mol. The molecular formula is C21H22ClN3O5S. The Morgan fingerprint density at radius 3 is 2.61 bits per heavy atom. The number of rotatable bonds is 4. The standard InChI is InChI=1S/C21H22ClN3O5S/c1-30-21(27)23-31(28,29)17-7-5-16(6-8-17)24-12-10-19(20(24)26)25-11-2-3-14-13-15(22)4-9-18(14)25/h4-9,13,19H,2-3,10-12H2,1H3,(H,23,27)/t19-/m1/s1. The molecule has 2 aromatic carbocycles. The Kier molecular flexibility index (Phi) is 5.81. The van der Waals surface area contributed by atoms with Gasteiger partial charge in [-0.05, 0) is 67.3 Å². The number of hydrogen-bond acceptors (Lipinski definition) is 6. The number of ether oxygens (including phenoxy) is 1. The van der Waals surface area contributed by atoms with Crippen LogP contribution in [0, 0.1) is 0 Å². The van der Waals surface area contributed by atoms with Crippen LogP contribution in [0.1, 0.15) is 18.4 Å². The predicted molar refractivity (Wildman–Crippen MR) is 117 cm³/mol. The number of carbonyl (C=O) groups excluding carboxylic acids is 2. The van der Waals surface area contributed by atoms with E-state index in [2.05, 4.69) is 9.64 Å². The highest BCUT2D eigenvalue weighted by atomic mass is 35.5. The highest BCUT2D eigenvalue weighted by Gasteiger charge is 2.38. The van der Waals surface area contributed by atoms with E-state index in [1.807, 2.05) is 18.2 Å². The van der Waals surface area contributed by atoms with E-state index in [0.717, 1.165) is 37.7 Å². The number of halogens is 1. The first-order valence-corrected chi connectivity index (χ1v) is 11.7. The molecule has 4 rings (SSSR count). The third kappa shape index (κ3) is 4.20. The van der Waals surface area contributed by atoms with Gasteiger partial charge in [0.1, 0.15) is 6.04 Å². The van der Waals surface area contributed by atoms with Crippen LogP contribution in [0.15, 0.2) is 47.4 Å². The number of nitrogens with zero attached hydrogens (tertiary/aromatic N) is 2. The van der Waals surface area contributed by atoms with Crippen molar-refractivity contribution in [3.63, 3.8) is 0 Å². The van der Waals surface area contributed by atoms with Gasteiger partial charge in [-0.3, -0.25) is 4.79 Å². The summed E-state index contributed by atoms with van der Waals surface area (Å²) in [5, 5.41) is 0.691. The van der Waals surface area contributed by atoms with Gasteiger partial charge < -0.3 is 14.5 Å². The summed E-state index contributed by atoms with van der Waals surface area (Å²) in [5.41, 5.74) is 2.81. The van der Waals surface area contributed by atoms with Crippen molar-refractivity contribution in [1.29, 1.82) is 0 Å². The number of sulfonamides is 1. The van der Waals surface area contributed by atoms with Crippen molar-refractivity contribution in [2.45, 2.75) is 30.2 Å². The zero-order chi connectivity index (χ0) is 22.2. The minimum absolute atomic E-state index is 0.0221. The number of carbonyl (C=O) groups is 2. The molecular weight excluding hydrogens is 442 g/mol. The fourth-order valence-electron chi connectivity index (χ4n) is 4.14. The van der Waals surface area contributed by atoms with Gasteiger partial charge in [0.05, 0.1) is 12.0 Å². The second kappa shape index (κ2) is 8.39. The number of anilines is 2. The van der Waals surface area contributed by atoms with Gasteiger partial charge in [-0.25, -0.2) is 17.9 Å². The van der Waals surface area contributed by atoms with Gasteiger partial charge in [-0.15, -0.1) is 0 Å². The molecule has 8 nitrogen and oxygen atoms in total. The molecule has 1 atom stereocenters. The lowest BCUT2D eigenvalue weighted by atomic mass is 9.99. The highest BCUT2D eigenvalue weighted by molar-refractivity contribution is 7.90. The number of nitrogens with one attached hydrogen (secondary N) is 1. The Labute approximate surface area is 185 Å². The molecule has 2 aromatic rings. The van der Waals surface area contributed by atoms with Crippen molar-refractivity contribution in [3.05, 3.63) is 53.1 Å². The molecule has 31 heavy (non-hydrogen) atoms. The lowest BCUT2D eigenvalue weighted by Gasteiger charge is -2.35. The molecule has 1 N–H and O–H groups in total. The maximum absolute atomic E-state index is 13.2. The van der Waals surface area contributed by atoms with E-state index in [1.165, 1.54) is 12.1 Å². The van der Waals surface area contributed by atoms with E-state index in [4.69, 9.17) is 11.6 Å². The van der Waals surface area contributed by atoms with Crippen LogP contribution >= 0.6 is 11.6 Å². The molecule has 0 saturated carbocycles. The molecule has 0 aliphatic carbocycles. The number of hydrogen-bond donors (Lipinski definition) is 1. The van der Waals surface area contributed by atoms with Crippen molar-refractivity contribution in [3.8, 4) is 0 Å². The van der Waals surface area contributed by atoms with Crippen molar-refractivity contribution < 1.29 is 22.7 Å². The Morgan fingerprint density at radius 1 is 1.16 bits per heavy atom. The lowest BCUT2D eigenvalue weighted by molar-refractivity contribution is -0.118. The van der Waals surface area contributed by atoms with Crippen molar-refractivity contribution in [2.75, 3.05) is 30.0 Å². The molecule has 10 heteroatoms. The molecule has 2 aliphatic rings. The highest BCUT2D eigenvalue weighted by Crippen LogP contribution is 2.34. The molecule has 0 spiro atoms. The maximum atomic E-state index is 13.2. The summed E-state index contributed by atoms with van der Waals surface area (Å²) in [6.07, 6.45) is 1.50. The van der Waals surface area contributed by atoms with Gasteiger partial charge >= 0.3 is 6.09 Å². The zero-order valence-corrected chi connectivity index (χ0v) is 18.4. The van der Waals surface area contributed by atoms with Gasteiger partial charge in [0.2, 0.25) is 5.91 Å². The van der Waals surface area contributed by atoms with E-state index in [-0.39, 0.29) is 16.8 Å². The van der Waals surface area contributed by atoms with Gasteiger partial charge in [-0.2, -0.15) is 0 Å². The van der Waals surface area contributed by atoms with Crippen LogP contribution < -0.4 is 14.5 Å².